The molecule has 0 amide bonds. The van der Waals surface area contributed by atoms with Gasteiger partial charge >= 0.3 is 0 Å². The maximum absolute atomic E-state index is 14.5. The molecule has 0 N–H and O–H groups in total. The van der Waals surface area contributed by atoms with Crippen LogP contribution in [0.25, 0.3) is 0 Å². The first kappa shape index (κ1) is 20.0. The van der Waals surface area contributed by atoms with Gasteiger partial charge in [-0.25, -0.2) is 13.5 Å². The highest BCUT2D eigenvalue weighted by atomic mass is 19.3. The van der Waals surface area contributed by atoms with Gasteiger partial charge in [-0.3, -0.25) is 0 Å². The first-order valence-corrected chi connectivity index (χ1v) is 8.91. The third kappa shape index (κ3) is 5.25. The van der Waals surface area contributed by atoms with Crippen LogP contribution in [0.2, 0.25) is 0 Å². The molecule has 1 rings (SSSR count). The molecule has 0 saturated carbocycles. The van der Waals surface area contributed by atoms with Crippen LogP contribution in [0.15, 0.2) is 0 Å². The fourth-order valence-corrected chi connectivity index (χ4v) is 3.06. The Morgan fingerprint density at radius 3 is 2.09 bits per heavy atom. The Morgan fingerprint density at radius 1 is 1.00 bits per heavy atom. The number of unbranched alkanes of at least 4 members (excludes halogenated alkanes) is 5. The van der Waals surface area contributed by atoms with Crippen molar-refractivity contribution in [2.75, 3.05) is 0 Å². The lowest BCUT2D eigenvalue weighted by atomic mass is 9.88. The number of alkyl halides is 2. The zero-order valence-electron chi connectivity index (χ0n) is 15.0. The molecule has 1 aromatic rings. The Balaban J connectivity index is 2.93. The van der Waals surface area contributed by atoms with Gasteiger partial charge in [0.25, 0.3) is 6.43 Å². The van der Waals surface area contributed by atoms with Crippen LogP contribution in [0.3, 0.4) is 0 Å². The van der Waals surface area contributed by atoms with E-state index in [0.717, 1.165) is 38.5 Å². The van der Waals surface area contributed by atoms with Gasteiger partial charge < -0.3 is 0 Å². The molecule has 1 aromatic heterocycles. The second kappa shape index (κ2) is 9.33. The SMILES string of the molecule is CCCCCCCC(C)(CCCC)n1nc(C(F)F)c(C)c1F. The molecule has 0 spiro atoms. The van der Waals surface area contributed by atoms with Crippen LogP contribution >= 0.6 is 0 Å². The third-order valence-electron chi connectivity index (χ3n) is 4.69. The largest absolute Gasteiger partial charge is 0.282 e. The van der Waals surface area contributed by atoms with E-state index in [1.165, 1.54) is 30.9 Å². The van der Waals surface area contributed by atoms with Crippen LogP contribution < -0.4 is 0 Å². The van der Waals surface area contributed by atoms with Gasteiger partial charge in [0.15, 0.2) is 0 Å². The fourth-order valence-electron chi connectivity index (χ4n) is 3.06. The highest BCUT2D eigenvalue weighted by Gasteiger charge is 2.32. The number of halogens is 3. The Bertz CT molecular complexity index is 471. The number of rotatable bonds is 11. The molecule has 5 heteroatoms. The molecule has 0 aromatic carbocycles. The van der Waals surface area contributed by atoms with Gasteiger partial charge in [0.2, 0.25) is 5.95 Å². The van der Waals surface area contributed by atoms with E-state index in [1.807, 2.05) is 6.92 Å². The second-order valence-electron chi connectivity index (χ2n) is 6.78. The van der Waals surface area contributed by atoms with Gasteiger partial charge in [0.05, 0.1) is 5.54 Å². The molecule has 0 aliphatic rings. The summed E-state index contributed by atoms with van der Waals surface area (Å²) in [6.07, 6.45) is 6.36. The molecule has 0 saturated heterocycles. The van der Waals surface area contributed by atoms with Crippen molar-refractivity contribution >= 4 is 0 Å². The molecule has 0 radical (unpaired) electrons. The Kier molecular flexibility index (Phi) is 8.13. The molecular formula is C18H31F3N2. The lowest BCUT2D eigenvalue weighted by Crippen LogP contribution is -2.33. The molecule has 0 aliphatic carbocycles. The van der Waals surface area contributed by atoms with Crippen molar-refractivity contribution in [3.63, 3.8) is 0 Å². The first-order chi connectivity index (χ1) is 10.9. The molecule has 0 aliphatic heterocycles. The van der Waals surface area contributed by atoms with Gasteiger partial charge in [-0.2, -0.15) is 9.49 Å². The Hall–Kier alpha value is -1.00. The normalized spacial score (nSPS) is 14.4. The molecule has 1 heterocycles. The van der Waals surface area contributed by atoms with Crippen LogP contribution in [0.5, 0.6) is 0 Å². The van der Waals surface area contributed by atoms with Crippen molar-refractivity contribution in [2.24, 2.45) is 0 Å². The molecule has 134 valence electrons. The minimum absolute atomic E-state index is 0.0197. The van der Waals surface area contributed by atoms with Gasteiger partial charge in [-0.15, -0.1) is 0 Å². The highest BCUT2D eigenvalue weighted by molar-refractivity contribution is 5.19. The molecule has 23 heavy (non-hydrogen) atoms. The predicted octanol–water partition coefficient (Wildman–Crippen LogP) is 6.53. The van der Waals surface area contributed by atoms with Crippen molar-refractivity contribution in [2.45, 2.75) is 97.4 Å². The zero-order valence-corrected chi connectivity index (χ0v) is 15.0. The number of hydrogen-bond donors (Lipinski definition) is 0. The van der Waals surface area contributed by atoms with Crippen LogP contribution in [0, 0.1) is 12.9 Å². The maximum Gasteiger partial charge on any atom is 0.282 e. The van der Waals surface area contributed by atoms with E-state index in [9.17, 15) is 13.2 Å². The van der Waals surface area contributed by atoms with Crippen molar-refractivity contribution < 1.29 is 13.2 Å². The van der Waals surface area contributed by atoms with E-state index < -0.39 is 23.6 Å². The standard InChI is InChI=1S/C18H31F3N2/c1-5-7-9-10-11-13-18(4,12-8-6-2)23-17(21)14(3)15(22-23)16(19)20/h16H,5-13H2,1-4H3. The summed E-state index contributed by atoms with van der Waals surface area (Å²) in [4.78, 5) is 0. The topological polar surface area (TPSA) is 17.8 Å². The van der Waals surface area contributed by atoms with Crippen LogP contribution in [-0.4, -0.2) is 9.78 Å². The summed E-state index contributed by atoms with van der Waals surface area (Å²) in [6, 6.07) is 0. The van der Waals surface area contributed by atoms with E-state index in [1.54, 1.807) is 0 Å². The average Bonchev–Trinajstić information content (AvgIpc) is 2.82. The summed E-state index contributed by atoms with van der Waals surface area (Å²) in [7, 11) is 0. The van der Waals surface area contributed by atoms with Gasteiger partial charge in [0, 0.05) is 5.56 Å². The predicted molar refractivity (Wildman–Crippen MR) is 88.4 cm³/mol. The van der Waals surface area contributed by atoms with E-state index in [0.29, 0.717) is 0 Å². The molecule has 1 atom stereocenters. The van der Waals surface area contributed by atoms with Gasteiger partial charge in [0.1, 0.15) is 5.69 Å². The summed E-state index contributed by atoms with van der Waals surface area (Å²) < 4.78 is 41.8. The maximum atomic E-state index is 14.5. The quantitative estimate of drug-likeness (QED) is 0.421. The smallest absolute Gasteiger partial charge is 0.233 e. The first-order valence-electron chi connectivity index (χ1n) is 8.91. The minimum atomic E-state index is -2.73. The lowest BCUT2D eigenvalue weighted by Gasteiger charge is -2.31. The van der Waals surface area contributed by atoms with Crippen molar-refractivity contribution in [3.05, 3.63) is 17.2 Å². The van der Waals surface area contributed by atoms with Gasteiger partial charge in [-0.1, -0.05) is 58.8 Å². The third-order valence-corrected chi connectivity index (χ3v) is 4.69. The Labute approximate surface area is 138 Å². The van der Waals surface area contributed by atoms with E-state index in [-0.39, 0.29) is 5.56 Å². The summed E-state index contributed by atoms with van der Waals surface area (Å²) in [5.41, 5.74) is -0.963. The average molecular weight is 332 g/mol. The Morgan fingerprint density at radius 2 is 1.57 bits per heavy atom. The number of hydrogen-bond acceptors (Lipinski definition) is 1. The summed E-state index contributed by atoms with van der Waals surface area (Å²) in [5, 5.41) is 3.94. The molecule has 0 fully saturated rings. The lowest BCUT2D eigenvalue weighted by molar-refractivity contribution is 0.139. The number of aromatic nitrogens is 2. The highest BCUT2D eigenvalue weighted by Crippen LogP contribution is 2.33. The van der Waals surface area contributed by atoms with E-state index >= 15 is 0 Å². The van der Waals surface area contributed by atoms with Gasteiger partial charge in [-0.05, 0) is 26.7 Å². The monoisotopic (exact) mass is 332 g/mol. The van der Waals surface area contributed by atoms with Crippen LogP contribution in [-0.2, 0) is 5.54 Å². The molecule has 2 nitrogen and oxygen atoms in total. The molecule has 1 unspecified atom stereocenters. The minimum Gasteiger partial charge on any atom is -0.233 e. The summed E-state index contributed by atoms with van der Waals surface area (Å²) >= 11 is 0. The van der Waals surface area contributed by atoms with Crippen molar-refractivity contribution in [1.82, 2.24) is 9.78 Å². The van der Waals surface area contributed by atoms with Crippen molar-refractivity contribution in [1.29, 1.82) is 0 Å². The van der Waals surface area contributed by atoms with Crippen LogP contribution in [0.4, 0.5) is 13.2 Å². The summed E-state index contributed by atoms with van der Waals surface area (Å²) in [6.45, 7) is 7.59. The fraction of sp³-hybridized carbons (Fsp3) is 0.833. The summed E-state index contributed by atoms with van der Waals surface area (Å²) in [5.74, 6) is -0.604. The zero-order chi connectivity index (χ0) is 17.5. The van der Waals surface area contributed by atoms with Crippen molar-refractivity contribution in [3.8, 4) is 0 Å². The van der Waals surface area contributed by atoms with E-state index in [2.05, 4.69) is 18.9 Å². The molecule has 0 bridgehead atoms. The molecular weight excluding hydrogens is 301 g/mol. The van der Waals surface area contributed by atoms with Crippen LogP contribution in [0.1, 0.15) is 96.2 Å². The number of nitrogens with zero attached hydrogens (tertiary/aromatic N) is 2. The van der Waals surface area contributed by atoms with E-state index in [4.69, 9.17) is 0 Å². The second-order valence-corrected chi connectivity index (χ2v) is 6.78.